The highest BCUT2D eigenvalue weighted by molar-refractivity contribution is 9.10. The van der Waals surface area contributed by atoms with E-state index in [0.717, 1.165) is 34.3 Å². The molecule has 102 valence electrons. The van der Waals surface area contributed by atoms with Crippen LogP contribution in [0.15, 0.2) is 28.9 Å². The molecule has 1 N–H and O–H groups in total. The van der Waals surface area contributed by atoms with E-state index in [1.54, 1.807) is 12.3 Å². The monoisotopic (exact) mass is 342 g/mol. The van der Waals surface area contributed by atoms with Crippen molar-refractivity contribution in [1.82, 2.24) is 9.78 Å². The fourth-order valence-corrected chi connectivity index (χ4v) is 2.93. The van der Waals surface area contributed by atoms with Crippen molar-refractivity contribution in [1.29, 1.82) is 0 Å². The standard InChI is InChI=1S/C14H16BrClN2O/c1-3-4-18-13(12(15)8-17-18)14(19)10-5-9(2)6-11(16)7-10/h5-8,14,19H,3-4H2,1-2H3. The van der Waals surface area contributed by atoms with E-state index in [1.165, 1.54) is 0 Å². The van der Waals surface area contributed by atoms with E-state index in [4.69, 9.17) is 11.6 Å². The van der Waals surface area contributed by atoms with Gasteiger partial charge in [0, 0.05) is 11.6 Å². The number of aliphatic hydroxyl groups is 1. The molecular formula is C14H16BrClN2O. The Balaban J connectivity index is 2.43. The van der Waals surface area contributed by atoms with Crippen LogP contribution in [-0.2, 0) is 6.54 Å². The van der Waals surface area contributed by atoms with E-state index in [9.17, 15) is 5.11 Å². The molecule has 0 aliphatic heterocycles. The molecule has 5 heteroatoms. The molecule has 0 radical (unpaired) electrons. The fourth-order valence-electron chi connectivity index (χ4n) is 2.11. The number of halogens is 2. The Kier molecular flexibility index (Phi) is 4.66. The third-order valence-corrected chi connectivity index (χ3v) is 3.74. The van der Waals surface area contributed by atoms with E-state index < -0.39 is 6.10 Å². The van der Waals surface area contributed by atoms with E-state index in [2.05, 4.69) is 28.0 Å². The molecule has 1 unspecified atom stereocenters. The molecule has 1 heterocycles. The van der Waals surface area contributed by atoms with Crippen LogP contribution >= 0.6 is 27.5 Å². The number of hydrogen-bond acceptors (Lipinski definition) is 2. The molecule has 0 amide bonds. The summed E-state index contributed by atoms with van der Waals surface area (Å²) in [5.74, 6) is 0. The zero-order valence-electron chi connectivity index (χ0n) is 10.9. The fraction of sp³-hybridized carbons (Fsp3) is 0.357. The number of aromatic nitrogens is 2. The third-order valence-electron chi connectivity index (χ3n) is 2.91. The summed E-state index contributed by atoms with van der Waals surface area (Å²) in [5, 5.41) is 15.5. The molecule has 19 heavy (non-hydrogen) atoms. The molecule has 3 nitrogen and oxygen atoms in total. The maximum atomic E-state index is 10.6. The largest absolute Gasteiger partial charge is 0.382 e. The van der Waals surface area contributed by atoms with Gasteiger partial charge in [-0.25, -0.2) is 0 Å². The van der Waals surface area contributed by atoms with Gasteiger partial charge in [0.2, 0.25) is 0 Å². The Morgan fingerprint density at radius 1 is 1.42 bits per heavy atom. The van der Waals surface area contributed by atoms with Crippen molar-refractivity contribution in [3.05, 3.63) is 50.7 Å². The molecule has 0 aliphatic rings. The Bertz CT molecular complexity index is 563. The number of aliphatic hydroxyl groups excluding tert-OH is 1. The molecule has 0 aliphatic carbocycles. The van der Waals surface area contributed by atoms with Gasteiger partial charge in [0.25, 0.3) is 0 Å². The average molecular weight is 344 g/mol. The predicted molar refractivity (Wildman–Crippen MR) is 80.5 cm³/mol. The van der Waals surface area contributed by atoms with Gasteiger partial charge >= 0.3 is 0 Å². The first-order valence-electron chi connectivity index (χ1n) is 6.19. The van der Waals surface area contributed by atoms with Crippen molar-refractivity contribution in [2.24, 2.45) is 0 Å². The van der Waals surface area contributed by atoms with Crippen LogP contribution in [0.5, 0.6) is 0 Å². The van der Waals surface area contributed by atoms with Gasteiger partial charge in [0.1, 0.15) is 6.10 Å². The summed E-state index contributed by atoms with van der Waals surface area (Å²) in [6.07, 6.45) is 1.94. The number of nitrogens with zero attached hydrogens (tertiary/aromatic N) is 2. The van der Waals surface area contributed by atoms with Crippen LogP contribution in [0.4, 0.5) is 0 Å². The summed E-state index contributed by atoms with van der Waals surface area (Å²) in [6.45, 7) is 4.81. The van der Waals surface area contributed by atoms with Crippen LogP contribution in [0.1, 0.15) is 36.3 Å². The molecule has 2 rings (SSSR count). The van der Waals surface area contributed by atoms with Gasteiger partial charge in [-0.05, 0) is 52.5 Å². The van der Waals surface area contributed by atoms with Crippen molar-refractivity contribution in [3.8, 4) is 0 Å². The minimum atomic E-state index is -0.735. The number of rotatable bonds is 4. The van der Waals surface area contributed by atoms with E-state index in [1.807, 2.05) is 23.7 Å². The summed E-state index contributed by atoms with van der Waals surface area (Å²) in [4.78, 5) is 0. The molecule has 0 fully saturated rings. The molecule has 0 saturated carbocycles. The molecule has 0 spiro atoms. The average Bonchev–Trinajstić information content (AvgIpc) is 2.69. The summed E-state index contributed by atoms with van der Waals surface area (Å²) < 4.78 is 2.64. The third kappa shape index (κ3) is 3.19. The lowest BCUT2D eigenvalue weighted by Gasteiger charge is -2.15. The lowest BCUT2D eigenvalue weighted by Crippen LogP contribution is -2.10. The molecule has 0 saturated heterocycles. The van der Waals surface area contributed by atoms with Crippen LogP contribution in [0.25, 0.3) is 0 Å². The van der Waals surface area contributed by atoms with Gasteiger partial charge in [-0.1, -0.05) is 24.6 Å². The van der Waals surface area contributed by atoms with E-state index in [-0.39, 0.29) is 0 Å². The van der Waals surface area contributed by atoms with Gasteiger partial charge in [-0.2, -0.15) is 5.10 Å². The molecule has 1 atom stereocenters. The zero-order chi connectivity index (χ0) is 14.0. The first-order chi connectivity index (χ1) is 9.02. The first-order valence-corrected chi connectivity index (χ1v) is 7.36. The Morgan fingerprint density at radius 3 is 2.79 bits per heavy atom. The van der Waals surface area contributed by atoms with Gasteiger partial charge < -0.3 is 5.11 Å². The molecule has 2 aromatic rings. The van der Waals surface area contributed by atoms with E-state index >= 15 is 0 Å². The SMILES string of the molecule is CCCn1ncc(Br)c1C(O)c1cc(C)cc(Cl)c1. The summed E-state index contributed by atoms with van der Waals surface area (Å²) >= 11 is 9.50. The van der Waals surface area contributed by atoms with Crippen molar-refractivity contribution >= 4 is 27.5 Å². The topological polar surface area (TPSA) is 38.0 Å². The van der Waals surface area contributed by atoms with Crippen LogP contribution in [-0.4, -0.2) is 14.9 Å². The van der Waals surface area contributed by atoms with Gasteiger partial charge in [-0.3, -0.25) is 4.68 Å². The van der Waals surface area contributed by atoms with Crippen molar-refractivity contribution in [2.45, 2.75) is 32.9 Å². The van der Waals surface area contributed by atoms with Gasteiger partial charge in [-0.15, -0.1) is 0 Å². The second-order valence-electron chi connectivity index (χ2n) is 4.57. The van der Waals surface area contributed by atoms with Crippen LogP contribution in [0.2, 0.25) is 5.02 Å². The maximum Gasteiger partial charge on any atom is 0.122 e. The normalized spacial score (nSPS) is 12.7. The highest BCUT2D eigenvalue weighted by atomic mass is 79.9. The minimum Gasteiger partial charge on any atom is -0.382 e. The van der Waals surface area contributed by atoms with E-state index in [0.29, 0.717) is 5.02 Å². The maximum absolute atomic E-state index is 10.6. The minimum absolute atomic E-state index is 0.631. The van der Waals surface area contributed by atoms with Gasteiger partial charge in [0.05, 0.1) is 16.4 Å². The lowest BCUT2D eigenvalue weighted by atomic mass is 10.0. The second-order valence-corrected chi connectivity index (χ2v) is 5.86. The Morgan fingerprint density at radius 2 is 2.16 bits per heavy atom. The molecule has 0 bridgehead atoms. The van der Waals surface area contributed by atoms with Crippen LogP contribution < -0.4 is 0 Å². The van der Waals surface area contributed by atoms with Crippen molar-refractivity contribution in [3.63, 3.8) is 0 Å². The predicted octanol–water partition coefficient (Wildman–Crippen LogP) is 4.10. The van der Waals surface area contributed by atoms with Crippen LogP contribution in [0.3, 0.4) is 0 Å². The summed E-state index contributed by atoms with van der Waals surface area (Å²) in [7, 11) is 0. The Labute approximate surface area is 126 Å². The summed E-state index contributed by atoms with van der Waals surface area (Å²) in [5.41, 5.74) is 2.58. The van der Waals surface area contributed by atoms with Crippen LogP contribution in [0, 0.1) is 6.92 Å². The number of aryl methyl sites for hydroxylation is 2. The highest BCUT2D eigenvalue weighted by Gasteiger charge is 2.19. The van der Waals surface area contributed by atoms with Gasteiger partial charge in [0.15, 0.2) is 0 Å². The lowest BCUT2D eigenvalue weighted by molar-refractivity contribution is 0.206. The zero-order valence-corrected chi connectivity index (χ0v) is 13.2. The highest BCUT2D eigenvalue weighted by Crippen LogP contribution is 2.30. The van der Waals surface area contributed by atoms with Crippen molar-refractivity contribution < 1.29 is 5.11 Å². The Hall–Kier alpha value is -0.840. The quantitative estimate of drug-likeness (QED) is 0.907. The molecule has 1 aromatic heterocycles. The molecular weight excluding hydrogens is 328 g/mol. The summed E-state index contributed by atoms with van der Waals surface area (Å²) in [6, 6.07) is 5.59. The second kappa shape index (κ2) is 6.07. The number of benzene rings is 1. The smallest absolute Gasteiger partial charge is 0.122 e. The number of hydrogen-bond donors (Lipinski definition) is 1. The molecule has 1 aromatic carbocycles. The first kappa shape index (κ1) is 14.6. The van der Waals surface area contributed by atoms with Crippen molar-refractivity contribution in [2.75, 3.05) is 0 Å².